The number of piperazine rings is 1. The number of rotatable bonds is 4. The molecule has 1 aliphatic rings. The van der Waals surface area contributed by atoms with Gasteiger partial charge in [0.15, 0.2) is 5.96 Å². The van der Waals surface area contributed by atoms with Gasteiger partial charge >= 0.3 is 0 Å². The molecule has 136 valence electrons. The number of aliphatic imine (C=N–C) groups is 1. The highest BCUT2D eigenvalue weighted by Gasteiger charge is 2.19. The van der Waals surface area contributed by atoms with Crippen LogP contribution in [0, 0.1) is 0 Å². The van der Waals surface area contributed by atoms with Gasteiger partial charge in [-0.05, 0) is 19.1 Å². The average molecular weight is 455 g/mol. The summed E-state index contributed by atoms with van der Waals surface area (Å²) in [6, 6.07) is 10.6. The van der Waals surface area contributed by atoms with Gasteiger partial charge < -0.3 is 15.1 Å². The fraction of sp³-hybridized carbons (Fsp3) is 0.471. The zero-order valence-electron chi connectivity index (χ0n) is 14.8. The Hall–Kier alpha value is -1.84. The van der Waals surface area contributed by atoms with E-state index in [0.717, 1.165) is 44.5 Å². The molecule has 2 aromatic rings. The van der Waals surface area contributed by atoms with Crippen molar-refractivity contribution in [1.82, 2.24) is 25.0 Å². The van der Waals surface area contributed by atoms with Crippen molar-refractivity contribution in [1.29, 1.82) is 0 Å². The molecular formula is C17H26IN7. The molecule has 2 heterocycles. The Kier molecular flexibility index (Phi) is 7.48. The highest BCUT2D eigenvalue weighted by Crippen LogP contribution is 2.15. The molecule has 0 radical (unpaired) electrons. The number of benzene rings is 1. The summed E-state index contributed by atoms with van der Waals surface area (Å²) in [5.74, 6) is 1.82. The van der Waals surface area contributed by atoms with Gasteiger partial charge in [0.1, 0.15) is 18.7 Å². The van der Waals surface area contributed by atoms with Gasteiger partial charge in [-0.1, -0.05) is 18.2 Å². The average Bonchev–Trinajstić information content (AvgIpc) is 3.04. The third kappa shape index (κ3) is 5.07. The number of anilines is 1. The molecule has 0 saturated carbocycles. The highest BCUT2D eigenvalue weighted by molar-refractivity contribution is 14.0. The molecule has 3 rings (SSSR count). The zero-order valence-corrected chi connectivity index (χ0v) is 17.1. The lowest BCUT2D eigenvalue weighted by atomic mass is 10.2. The van der Waals surface area contributed by atoms with Crippen LogP contribution in [0.4, 0.5) is 5.69 Å². The number of nitrogens with one attached hydrogen (secondary N) is 1. The van der Waals surface area contributed by atoms with Crippen molar-refractivity contribution in [3.05, 3.63) is 42.5 Å². The lowest BCUT2D eigenvalue weighted by molar-refractivity contribution is 0.372. The van der Waals surface area contributed by atoms with E-state index in [1.807, 2.05) is 7.05 Å². The highest BCUT2D eigenvalue weighted by atomic mass is 127. The molecule has 0 unspecified atom stereocenters. The van der Waals surface area contributed by atoms with E-state index in [4.69, 9.17) is 4.99 Å². The monoisotopic (exact) mass is 455 g/mol. The Balaban J connectivity index is 0.00000225. The van der Waals surface area contributed by atoms with Crippen molar-refractivity contribution >= 4 is 35.6 Å². The Morgan fingerprint density at radius 2 is 1.88 bits per heavy atom. The zero-order chi connectivity index (χ0) is 16.8. The van der Waals surface area contributed by atoms with Crippen molar-refractivity contribution in [2.45, 2.75) is 13.5 Å². The molecule has 8 heteroatoms. The number of hydrogen-bond donors (Lipinski definition) is 1. The van der Waals surface area contributed by atoms with E-state index < -0.39 is 0 Å². The van der Waals surface area contributed by atoms with Crippen LogP contribution in [0.3, 0.4) is 0 Å². The summed E-state index contributed by atoms with van der Waals surface area (Å²) >= 11 is 0. The first-order valence-corrected chi connectivity index (χ1v) is 8.44. The Morgan fingerprint density at radius 1 is 1.16 bits per heavy atom. The third-order valence-electron chi connectivity index (χ3n) is 4.21. The van der Waals surface area contributed by atoms with E-state index >= 15 is 0 Å². The fourth-order valence-corrected chi connectivity index (χ4v) is 2.85. The standard InChI is InChI=1S/C17H25N7.HI/c1-3-18-17(19-13-16-20-14-21-22(16)2)24-11-9-23(10-12-24)15-7-5-4-6-8-15;/h4-8,14H,3,9-13H2,1-2H3,(H,18,19);1H. The molecular weight excluding hydrogens is 429 g/mol. The lowest BCUT2D eigenvalue weighted by Gasteiger charge is -2.37. The topological polar surface area (TPSA) is 61.6 Å². The number of guanidine groups is 1. The molecule has 0 atom stereocenters. The predicted molar refractivity (Wildman–Crippen MR) is 111 cm³/mol. The molecule has 7 nitrogen and oxygen atoms in total. The third-order valence-corrected chi connectivity index (χ3v) is 4.21. The van der Waals surface area contributed by atoms with Crippen LogP contribution in [0.2, 0.25) is 0 Å². The number of para-hydroxylation sites is 1. The minimum Gasteiger partial charge on any atom is -0.368 e. The Morgan fingerprint density at radius 3 is 2.48 bits per heavy atom. The lowest BCUT2D eigenvalue weighted by Crippen LogP contribution is -2.52. The van der Waals surface area contributed by atoms with Gasteiger partial charge in [0, 0.05) is 45.5 Å². The van der Waals surface area contributed by atoms with E-state index in [-0.39, 0.29) is 24.0 Å². The van der Waals surface area contributed by atoms with Gasteiger partial charge in [-0.15, -0.1) is 24.0 Å². The molecule has 25 heavy (non-hydrogen) atoms. The van der Waals surface area contributed by atoms with Gasteiger partial charge in [0.2, 0.25) is 0 Å². The maximum absolute atomic E-state index is 4.73. The van der Waals surface area contributed by atoms with Crippen molar-refractivity contribution in [3.63, 3.8) is 0 Å². The van der Waals surface area contributed by atoms with Gasteiger partial charge in [-0.3, -0.25) is 4.68 Å². The Labute approximate surface area is 166 Å². The van der Waals surface area contributed by atoms with Crippen LogP contribution in [0.1, 0.15) is 12.7 Å². The van der Waals surface area contributed by atoms with E-state index in [1.165, 1.54) is 5.69 Å². The smallest absolute Gasteiger partial charge is 0.194 e. The summed E-state index contributed by atoms with van der Waals surface area (Å²) in [6.45, 7) is 7.40. The summed E-state index contributed by atoms with van der Waals surface area (Å²) in [5.41, 5.74) is 1.29. The summed E-state index contributed by atoms with van der Waals surface area (Å²) < 4.78 is 1.76. The minimum atomic E-state index is 0. The second-order valence-corrected chi connectivity index (χ2v) is 5.78. The largest absolute Gasteiger partial charge is 0.368 e. The molecule has 0 amide bonds. The van der Waals surface area contributed by atoms with Crippen LogP contribution in [-0.4, -0.2) is 58.3 Å². The van der Waals surface area contributed by atoms with Gasteiger partial charge in [0.25, 0.3) is 0 Å². The molecule has 1 N–H and O–H groups in total. The van der Waals surface area contributed by atoms with Crippen LogP contribution >= 0.6 is 24.0 Å². The van der Waals surface area contributed by atoms with E-state index in [1.54, 1.807) is 11.0 Å². The summed E-state index contributed by atoms with van der Waals surface area (Å²) in [7, 11) is 1.89. The maximum atomic E-state index is 4.73. The second kappa shape index (κ2) is 9.59. The van der Waals surface area contributed by atoms with Crippen LogP contribution in [-0.2, 0) is 13.6 Å². The molecule has 0 aliphatic carbocycles. The number of nitrogens with zero attached hydrogens (tertiary/aromatic N) is 6. The van der Waals surface area contributed by atoms with Gasteiger partial charge in [-0.25, -0.2) is 9.98 Å². The molecule has 1 aliphatic heterocycles. The quantitative estimate of drug-likeness (QED) is 0.432. The minimum absolute atomic E-state index is 0. The number of halogens is 1. The van der Waals surface area contributed by atoms with Gasteiger partial charge in [-0.2, -0.15) is 5.10 Å². The maximum Gasteiger partial charge on any atom is 0.194 e. The SMILES string of the molecule is CCNC(=NCc1ncnn1C)N1CCN(c2ccccc2)CC1.I. The first-order valence-electron chi connectivity index (χ1n) is 8.44. The molecule has 1 aromatic heterocycles. The van der Waals surface area contributed by atoms with E-state index in [0.29, 0.717) is 6.54 Å². The summed E-state index contributed by atoms with van der Waals surface area (Å²) in [5, 5.41) is 7.48. The molecule has 1 saturated heterocycles. The van der Waals surface area contributed by atoms with Crippen LogP contribution in [0.5, 0.6) is 0 Å². The summed E-state index contributed by atoms with van der Waals surface area (Å²) in [4.78, 5) is 13.7. The number of hydrogen-bond acceptors (Lipinski definition) is 4. The molecule has 1 aromatic carbocycles. The van der Waals surface area contributed by atoms with Crippen LogP contribution in [0.25, 0.3) is 0 Å². The number of aryl methyl sites for hydroxylation is 1. The van der Waals surface area contributed by atoms with Crippen molar-refractivity contribution in [2.24, 2.45) is 12.0 Å². The second-order valence-electron chi connectivity index (χ2n) is 5.78. The van der Waals surface area contributed by atoms with E-state index in [9.17, 15) is 0 Å². The normalized spacial score (nSPS) is 15.0. The van der Waals surface area contributed by atoms with Crippen molar-refractivity contribution in [3.8, 4) is 0 Å². The summed E-state index contributed by atoms with van der Waals surface area (Å²) in [6.07, 6.45) is 1.57. The van der Waals surface area contributed by atoms with E-state index in [2.05, 4.69) is 62.5 Å². The molecule has 1 fully saturated rings. The predicted octanol–water partition coefficient (Wildman–Crippen LogP) is 1.72. The number of aromatic nitrogens is 3. The van der Waals surface area contributed by atoms with Crippen LogP contribution in [0.15, 0.2) is 41.7 Å². The van der Waals surface area contributed by atoms with Crippen LogP contribution < -0.4 is 10.2 Å². The first kappa shape index (κ1) is 19.5. The van der Waals surface area contributed by atoms with Crippen molar-refractivity contribution in [2.75, 3.05) is 37.6 Å². The molecule has 0 bridgehead atoms. The van der Waals surface area contributed by atoms with Gasteiger partial charge in [0.05, 0.1) is 0 Å². The Bertz CT molecular complexity index is 663. The fourth-order valence-electron chi connectivity index (χ4n) is 2.85. The van der Waals surface area contributed by atoms with Crippen molar-refractivity contribution < 1.29 is 0 Å². The first-order chi connectivity index (χ1) is 11.8. The molecule has 0 spiro atoms.